The Kier molecular flexibility index (Phi) is 9.81. The molecular formula is C29H41N3O5S. The van der Waals surface area contributed by atoms with Crippen LogP contribution in [0.3, 0.4) is 0 Å². The predicted molar refractivity (Wildman–Crippen MR) is 149 cm³/mol. The molecule has 9 heteroatoms. The number of carbonyl (C=O) groups is 1. The summed E-state index contributed by atoms with van der Waals surface area (Å²) in [4.78, 5) is 15.8. The number of rotatable bonds is 11. The van der Waals surface area contributed by atoms with Crippen LogP contribution in [0.4, 0.5) is 0 Å². The molecular weight excluding hydrogens is 502 g/mol. The lowest BCUT2D eigenvalue weighted by Crippen LogP contribution is -2.40. The number of likely N-dealkylation sites (tertiary alicyclic amines) is 1. The second-order valence-corrected chi connectivity index (χ2v) is 12.4. The van der Waals surface area contributed by atoms with E-state index in [0.29, 0.717) is 31.1 Å². The van der Waals surface area contributed by atoms with Crippen molar-refractivity contribution in [3.05, 3.63) is 53.6 Å². The van der Waals surface area contributed by atoms with Crippen molar-refractivity contribution >= 4 is 15.8 Å². The molecule has 2 aliphatic heterocycles. The van der Waals surface area contributed by atoms with E-state index in [4.69, 9.17) is 9.47 Å². The molecule has 2 aliphatic rings. The Morgan fingerprint density at radius 2 is 1.82 bits per heavy atom. The van der Waals surface area contributed by atoms with Crippen molar-refractivity contribution in [1.29, 1.82) is 0 Å². The summed E-state index contributed by atoms with van der Waals surface area (Å²) in [6.07, 6.45) is 5.40. The van der Waals surface area contributed by atoms with E-state index in [-0.39, 0.29) is 23.3 Å². The highest BCUT2D eigenvalue weighted by Gasteiger charge is 2.29. The van der Waals surface area contributed by atoms with Gasteiger partial charge in [0.2, 0.25) is 10.0 Å². The molecule has 2 aromatic carbocycles. The Bertz CT molecular complexity index is 1200. The van der Waals surface area contributed by atoms with Crippen LogP contribution in [0.1, 0.15) is 61.0 Å². The van der Waals surface area contributed by atoms with Crippen LogP contribution in [0.5, 0.6) is 11.5 Å². The van der Waals surface area contributed by atoms with Gasteiger partial charge in [0.25, 0.3) is 0 Å². The highest BCUT2D eigenvalue weighted by Crippen LogP contribution is 2.34. The minimum Gasteiger partial charge on any atom is -0.497 e. The Hall–Kier alpha value is -2.46. The van der Waals surface area contributed by atoms with Crippen LogP contribution in [-0.2, 0) is 10.0 Å². The van der Waals surface area contributed by atoms with E-state index in [1.54, 1.807) is 36.7 Å². The normalized spacial score (nSPS) is 20.1. The standard InChI is InChI=1S/C29H41N3O5S/c1-22-9-8-16-32(21-22)38(34,35)25-11-7-10-23(17-25)28(33)20-30-19-27(31-14-5-4-6-15-31)26-18-24(36-2)12-13-29(26)37-3/h7,10-13,17-18,22,27,30H,4-6,8-9,14-16,19-21H2,1-3H3. The average Bonchev–Trinajstić information content (AvgIpc) is 2.95. The smallest absolute Gasteiger partial charge is 0.243 e. The van der Waals surface area contributed by atoms with Crippen molar-refractivity contribution in [2.45, 2.75) is 50.0 Å². The lowest BCUT2D eigenvalue weighted by Gasteiger charge is -2.35. The summed E-state index contributed by atoms with van der Waals surface area (Å²) in [7, 11) is -0.302. The maximum atomic E-state index is 13.2. The Balaban J connectivity index is 1.47. The maximum Gasteiger partial charge on any atom is 0.243 e. The van der Waals surface area contributed by atoms with Gasteiger partial charge in [-0.1, -0.05) is 25.5 Å². The molecule has 8 nitrogen and oxygen atoms in total. The van der Waals surface area contributed by atoms with Crippen molar-refractivity contribution < 1.29 is 22.7 Å². The minimum atomic E-state index is -3.62. The van der Waals surface area contributed by atoms with Crippen LogP contribution < -0.4 is 14.8 Å². The van der Waals surface area contributed by atoms with Gasteiger partial charge in [-0.3, -0.25) is 9.69 Å². The third-order valence-electron chi connectivity index (χ3n) is 7.66. The molecule has 38 heavy (non-hydrogen) atoms. The number of hydrogen-bond donors (Lipinski definition) is 1. The van der Waals surface area contributed by atoms with E-state index in [1.165, 1.54) is 12.5 Å². The predicted octanol–water partition coefficient (Wildman–Crippen LogP) is 4.12. The van der Waals surface area contributed by atoms with E-state index in [2.05, 4.69) is 17.1 Å². The van der Waals surface area contributed by atoms with Gasteiger partial charge in [-0.05, 0) is 75.0 Å². The molecule has 0 bridgehead atoms. The number of nitrogens with one attached hydrogen (secondary N) is 1. The molecule has 4 rings (SSSR count). The van der Waals surface area contributed by atoms with E-state index in [9.17, 15) is 13.2 Å². The number of sulfonamides is 1. The van der Waals surface area contributed by atoms with Gasteiger partial charge in [0.1, 0.15) is 11.5 Å². The Morgan fingerprint density at radius 1 is 1.03 bits per heavy atom. The SMILES string of the molecule is COc1ccc(OC)c(C(CNCC(=O)c2cccc(S(=O)(=O)N3CCCC(C)C3)c2)N2CCCCC2)c1. The number of ketones is 1. The maximum absolute atomic E-state index is 13.2. The van der Waals surface area contributed by atoms with Crippen LogP contribution in [0.15, 0.2) is 47.4 Å². The molecule has 0 aliphatic carbocycles. The third-order valence-corrected chi connectivity index (χ3v) is 9.53. The van der Waals surface area contributed by atoms with Gasteiger partial charge in [0.05, 0.1) is 31.7 Å². The molecule has 0 spiro atoms. The lowest BCUT2D eigenvalue weighted by molar-refractivity contribution is 0.0983. The van der Waals surface area contributed by atoms with E-state index >= 15 is 0 Å². The van der Waals surface area contributed by atoms with Gasteiger partial charge in [0, 0.05) is 30.8 Å². The average molecular weight is 544 g/mol. The van der Waals surface area contributed by atoms with E-state index < -0.39 is 10.0 Å². The first-order valence-electron chi connectivity index (χ1n) is 13.6. The summed E-state index contributed by atoms with van der Waals surface area (Å²) in [5, 5.41) is 3.35. The summed E-state index contributed by atoms with van der Waals surface area (Å²) >= 11 is 0. The first kappa shape index (κ1) is 28.5. The summed E-state index contributed by atoms with van der Waals surface area (Å²) in [5.74, 6) is 1.76. The van der Waals surface area contributed by atoms with Crippen molar-refractivity contribution in [3.63, 3.8) is 0 Å². The van der Waals surface area contributed by atoms with Gasteiger partial charge in [-0.25, -0.2) is 8.42 Å². The molecule has 2 saturated heterocycles. The fourth-order valence-electron chi connectivity index (χ4n) is 5.53. The minimum absolute atomic E-state index is 0.0148. The molecule has 0 saturated carbocycles. The number of methoxy groups -OCH3 is 2. The number of carbonyl (C=O) groups excluding carboxylic acids is 1. The zero-order valence-corrected chi connectivity index (χ0v) is 23.6. The lowest BCUT2D eigenvalue weighted by atomic mass is 10.00. The van der Waals surface area contributed by atoms with Crippen LogP contribution in [0.2, 0.25) is 0 Å². The number of benzene rings is 2. The highest BCUT2D eigenvalue weighted by atomic mass is 32.2. The fraction of sp³-hybridized carbons (Fsp3) is 0.552. The van der Waals surface area contributed by atoms with Gasteiger partial charge in [-0.2, -0.15) is 4.31 Å². The quantitative estimate of drug-likeness (QED) is 0.427. The highest BCUT2D eigenvalue weighted by molar-refractivity contribution is 7.89. The number of Topliss-reactive ketones (excluding diaryl/α,β-unsaturated/α-hetero) is 1. The molecule has 0 radical (unpaired) electrons. The van der Waals surface area contributed by atoms with Crippen molar-refractivity contribution in [1.82, 2.24) is 14.5 Å². The largest absolute Gasteiger partial charge is 0.497 e. The first-order valence-corrected chi connectivity index (χ1v) is 15.1. The van der Waals surface area contributed by atoms with E-state index in [1.807, 2.05) is 18.2 Å². The molecule has 0 amide bonds. The van der Waals surface area contributed by atoms with Crippen LogP contribution in [0.25, 0.3) is 0 Å². The zero-order valence-electron chi connectivity index (χ0n) is 22.8. The second-order valence-electron chi connectivity index (χ2n) is 10.4. The van der Waals surface area contributed by atoms with Crippen LogP contribution in [-0.4, -0.2) is 76.9 Å². The van der Waals surface area contributed by atoms with Gasteiger partial charge in [0.15, 0.2) is 5.78 Å². The topological polar surface area (TPSA) is 88.2 Å². The zero-order chi connectivity index (χ0) is 27.1. The van der Waals surface area contributed by atoms with Gasteiger partial charge in [-0.15, -0.1) is 0 Å². The molecule has 2 fully saturated rings. The molecule has 2 atom stereocenters. The summed E-state index contributed by atoms with van der Waals surface area (Å²) in [6, 6.07) is 12.3. The van der Waals surface area contributed by atoms with Gasteiger partial charge >= 0.3 is 0 Å². The summed E-state index contributed by atoms with van der Waals surface area (Å²) in [6.45, 7) is 5.75. The number of piperidine rings is 2. The molecule has 1 N–H and O–H groups in total. The fourth-order valence-corrected chi connectivity index (χ4v) is 7.18. The monoisotopic (exact) mass is 543 g/mol. The number of ether oxygens (including phenoxy) is 2. The van der Waals surface area contributed by atoms with E-state index in [0.717, 1.165) is 55.8 Å². The van der Waals surface area contributed by atoms with Crippen LogP contribution >= 0.6 is 0 Å². The van der Waals surface area contributed by atoms with Crippen molar-refractivity contribution in [2.24, 2.45) is 5.92 Å². The third kappa shape index (κ3) is 6.75. The number of hydrogen-bond acceptors (Lipinski definition) is 7. The summed E-state index contributed by atoms with van der Waals surface area (Å²) in [5.41, 5.74) is 1.43. The first-order chi connectivity index (χ1) is 18.3. The second kappa shape index (κ2) is 13.1. The Labute approximate surface area is 227 Å². The van der Waals surface area contributed by atoms with Gasteiger partial charge < -0.3 is 14.8 Å². The molecule has 0 aromatic heterocycles. The molecule has 2 aromatic rings. The Morgan fingerprint density at radius 3 is 2.53 bits per heavy atom. The molecule has 2 unspecified atom stereocenters. The van der Waals surface area contributed by atoms with Crippen LogP contribution in [0, 0.1) is 5.92 Å². The summed E-state index contributed by atoms with van der Waals surface area (Å²) < 4.78 is 39.2. The molecule has 2 heterocycles. The number of nitrogens with zero attached hydrogens (tertiary/aromatic N) is 2. The van der Waals surface area contributed by atoms with Crippen molar-refractivity contribution in [2.75, 3.05) is 53.5 Å². The molecule has 208 valence electrons. The van der Waals surface area contributed by atoms with Crippen molar-refractivity contribution in [3.8, 4) is 11.5 Å².